The van der Waals surface area contributed by atoms with E-state index in [1.54, 1.807) is 30.2 Å². The van der Waals surface area contributed by atoms with E-state index in [1.165, 1.54) is 0 Å². The molecule has 0 aliphatic carbocycles. The molecule has 0 bridgehead atoms. The Morgan fingerprint density at radius 3 is 2.82 bits per heavy atom. The molecule has 2 aromatic heterocycles. The van der Waals surface area contributed by atoms with Crippen LogP contribution in [0, 0.1) is 11.3 Å². The van der Waals surface area contributed by atoms with Crippen molar-refractivity contribution in [2.45, 2.75) is 6.10 Å². The molecule has 2 aliphatic heterocycles. The minimum absolute atomic E-state index is 0.206. The van der Waals surface area contributed by atoms with Crippen molar-refractivity contribution in [2.75, 3.05) is 56.2 Å². The van der Waals surface area contributed by atoms with E-state index in [4.69, 9.17) is 14.7 Å². The molecule has 5 rings (SSSR count). The number of hydrogen-bond acceptors (Lipinski definition) is 8. The third-order valence-electron chi connectivity index (χ3n) is 6.08. The number of aromatic nitrogens is 2. The van der Waals surface area contributed by atoms with Crippen LogP contribution < -0.4 is 14.5 Å². The maximum Gasteiger partial charge on any atom is 0.414 e. The topological polar surface area (TPSA) is 94.8 Å². The monoisotopic (exact) mass is 444 g/mol. The van der Waals surface area contributed by atoms with E-state index in [1.807, 2.05) is 30.5 Å². The lowest BCUT2D eigenvalue weighted by Gasteiger charge is -2.36. The first-order chi connectivity index (χ1) is 16.1. The van der Waals surface area contributed by atoms with Gasteiger partial charge in [0, 0.05) is 50.7 Å². The third kappa shape index (κ3) is 4.25. The summed E-state index contributed by atoms with van der Waals surface area (Å²) in [5, 5.41) is 9.12. The Morgan fingerprint density at radius 1 is 1.18 bits per heavy atom. The number of cyclic esters (lactones) is 1. The summed E-state index contributed by atoms with van der Waals surface area (Å²) >= 11 is 0. The fraction of sp³-hybridized carbons (Fsp3) is 0.333. The van der Waals surface area contributed by atoms with Gasteiger partial charge in [-0.2, -0.15) is 5.26 Å². The smallest absolute Gasteiger partial charge is 0.414 e. The summed E-state index contributed by atoms with van der Waals surface area (Å²) in [5.41, 5.74) is 3.95. The number of ether oxygens (including phenoxy) is 2. The summed E-state index contributed by atoms with van der Waals surface area (Å²) in [7, 11) is 1.61. The van der Waals surface area contributed by atoms with Gasteiger partial charge < -0.3 is 14.4 Å². The molecular weight excluding hydrogens is 420 g/mol. The first-order valence-electron chi connectivity index (χ1n) is 10.9. The molecule has 0 unspecified atom stereocenters. The predicted molar refractivity (Wildman–Crippen MR) is 124 cm³/mol. The van der Waals surface area contributed by atoms with Crippen molar-refractivity contribution >= 4 is 28.5 Å². The number of benzene rings is 1. The zero-order valence-corrected chi connectivity index (χ0v) is 18.3. The van der Waals surface area contributed by atoms with E-state index < -0.39 is 0 Å². The molecule has 33 heavy (non-hydrogen) atoms. The van der Waals surface area contributed by atoms with Crippen LogP contribution >= 0.6 is 0 Å². The minimum Gasteiger partial charge on any atom is -0.481 e. The Morgan fingerprint density at radius 2 is 2.03 bits per heavy atom. The molecule has 2 saturated heterocycles. The van der Waals surface area contributed by atoms with Crippen molar-refractivity contribution in [2.24, 2.45) is 0 Å². The van der Waals surface area contributed by atoms with Crippen molar-refractivity contribution in [3.63, 3.8) is 0 Å². The molecule has 0 N–H and O–H groups in total. The van der Waals surface area contributed by atoms with E-state index in [0.29, 0.717) is 30.2 Å². The normalized spacial score (nSPS) is 18.9. The molecule has 2 fully saturated rings. The molecular formula is C24H24N6O3. The molecule has 168 valence electrons. The Labute approximate surface area is 191 Å². The quantitative estimate of drug-likeness (QED) is 0.593. The summed E-state index contributed by atoms with van der Waals surface area (Å²) in [6, 6.07) is 14.9. The number of anilines is 2. The van der Waals surface area contributed by atoms with Crippen LogP contribution in [0.4, 0.5) is 16.2 Å². The number of pyridine rings is 2. The number of fused-ring (bicyclic) bond motifs is 1. The van der Waals surface area contributed by atoms with E-state index in [2.05, 4.69) is 25.8 Å². The van der Waals surface area contributed by atoms with Gasteiger partial charge in [-0.3, -0.25) is 14.8 Å². The molecule has 3 aromatic rings. The average molecular weight is 444 g/mol. The van der Waals surface area contributed by atoms with Gasteiger partial charge >= 0.3 is 6.09 Å². The second kappa shape index (κ2) is 8.92. The molecule has 9 nitrogen and oxygen atoms in total. The zero-order chi connectivity index (χ0) is 22.8. The summed E-state index contributed by atoms with van der Waals surface area (Å²) in [6.45, 7) is 4.54. The summed E-state index contributed by atoms with van der Waals surface area (Å²) < 4.78 is 10.9. The van der Waals surface area contributed by atoms with E-state index >= 15 is 0 Å². The van der Waals surface area contributed by atoms with Crippen LogP contribution in [-0.2, 0) is 4.74 Å². The Bertz CT molecular complexity index is 1220. The van der Waals surface area contributed by atoms with Gasteiger partial charge in [-0.15, -0.1) is 0 Å². The van der Waals surface area contributed by atoms with Gasteiger partial charge in [0.25, 0.3) is 0 Å². The van der Waals surface area contributed by atoms with Gasteiger partial charge in [-0.05, 0) is 30.3 Å². The third-order valence-corrected chi connectivity index (χ3v) is 6.08. The largest absolute Gasteiger partial charge is 0.481 e. The van der Waals surface area contributed by atoms with Crippen LogP contribution in [0.15, 0.2) is 48.7 Å². The molecule has 0 radical (unpaired) electrons. The van der Waals surface area contributed by atoms with E-state index in [9.17, 15) is 4.79 Å². The van der Waals surface area contributed by atoms with Crippen LogP contribution in [0.1, 0.15) is 5.56 Å². The second-order valence-electron chi connectivity index (χ2n) is 8.12. The highest BCUT2D eigenvalue weighted by Gasteiger charge is 2.34. The van der Waals surface area contributed by atoms with Gasteiger partial charge in [-0.25, -0.2) is 9.78 Å². The number of nitrogens with zero attached hydrogens (tertiary/aromatic N) is 6. The molecule has 0 saturated carbocycles. The number of nitriles is 1. The van der Waals surface area contributed by atoms with Gasteiger partial charge in [0.2, 0.25) is 5.88 Å². The molecule has 2 aliphatic rings. The number of carbonyl (C=O) groups excluding carboxylic acids is 1. The van der Waals surface area contributed by atoms with Crippen LogP contribution in [-0.4, -0.2) is 73.4 Å². The highest BCUT2D eigenvalue weighted by Crippen LogP contribution is 2.27. The van der Waals surface area contributed by atoms with E-state index in [0.717, 1.165) is 42.9 Å². The summed E-state index contributed by atoms with van der Waals surface area (Å²) in [5.74, 6) is 0.572. The van der Waals surface area contributed by atoms with Crippen LogP contribution in [0.3, 0.4) is 0 Å². The lowest BCUT2D eigenvalue weighted by Crippen LogP contribution is -2.49. The van der Waals surface area contributed by atoms with Gasteiger partial charge in [0.15, 0.2) is 0 Å². The maximum atomic E-state index is 12.4. The molecule has 1 aromatic carbocycles. The van der Waals surface area contributed by atoms with Gasteiger partial charge in [0.05, 0.1) is 36.5 Å². The zero-order valence-electron chi connectivity index (χ0n) is 18.3. The van der Waals surface area contributed by atoms with Crippen LogP contribution in [0.5, 0.6) is 5.88 Å². The van der Waals surface area contributed by atoms with Crippen molar-refractivity contribution in [1.29, 1.82) is 5.26 Å². The van der Waals surface area contributed by atoms with Crippen molar-refractivity contribution in [1.82, 2.24) is 14.9 Å². The van der Waals surface area contributed by atoms with Crippen LogP contribution in [0.2, 0.25) is 0 Å². The number of carbonyl (C=O) groups is 1. The van der Waals surface area contributed by atoms with Crippen LogP contribution in [0.25, 0.3) is 11.0 Å². The Balaban J connectivity index is 1.21. The maximum absolute atomic E-state index is 12.4. The lowest BCUT2D eigenvalue weighted by atomic mass is 10.2. The minimum atomic E-state index is -0.364. The Kier molecular flexibility index (Phi) is 5.67. The molecule has 0 spiro atoms. The predicted octanol–water partition coefficient (Wildman–Crippen LogP) is 2.66. The highest BCUT2D eigenvalue weighted by atomic mass is 16.6. The molecule has 1 amide bonds. The first-order valence-corrected chi connectivity index (χ1v) is 10.9. The van der Waals surface area contributed by atoms with Gasteiger partial charge in [-0.1, -0.05) is 6.07 Å². The van der Waals surface area contributed by atoms with Crippen molar-refractivity contribution < 1.29 is 14.3 Å². The molecule has 1 atom stereocenters. The second-order valence-corrected chi connectivity index (χ2v) is 8.12. The number of amides is 1. The SMILES string of the molecule is COc1ccc2nccc(N3CCN(C[C@H]4CN(c5cccc(C#N)c5)C(=O)O4)CC3)c2n1. The highest BCUT2D eigenvalue weighted by molar-refractivity contribution is 5.90. The van der Waals surface area contributed by atoms with E-state index in [-0.39, 0.29) is 12.2 Å². The fourth-order valence-electron chi connectivity index (χ4n) is 4.39. The number of hydrogen-bond donors (Lipinski definition) is 0. The fourth-order valence-corrected chi connectivity index (χ4v) is 4.39. The van der Waals surface area contributed by atoms with Crippen molar-refractivity contribution in [3.8, 4) is 11.9 Å². The number of rotatable bonds is 5. The lowest BCUT2D eigenvalue weighted by molar-refractivity contribution is 0.106. The molecule has 4 heterocycles. The summed E-state index contributed by atoms with van der Waals surface area (Å²) in [4.78, 5) is 27.7. The first kappa shape index (κ1) is 21.0. The van der Waals surface area contributed by atoms with Gasteiger partial charge in [0.1, 0.15) is 11.6 Å². The van der Waals surface area contributed by atoms with Crippen molar-refractivity contribution in [3.05, 3.63) is 54.2 Å². The standard InChI is InChI=1S/C24H24N6O3/c1-32-22-6-5-20-23(27-22)21(7-8-26-20)29-11-9-28(10-12-29)15-19-16-30(24(31)33-19)18-4-2-3-17(13-18)14-25/h2-8,13,19H,9-12,15-16H2,1H3/t19-/m0/s1. The number of methoxy groups -OCH3 is 1. The number of piperazine rings is 1. The molecule has 9 heteroatoms. The Hall–Kier alpha value is -3.90. The average Bonchev–Trinajstić information content (AvgIpc) is 3.23. The summed E-state index contributed by atoms with van der Waals surface area (Å²) in [6.07, 6.45) is 1.24.